The van der Waals surface area contributed by atoms with Crippen LogP contribution >= 0.6 is 11.8 Å². The first-order chi connectivity index (χ1) is 16.3. The molecule has 1 N–H and O–H groups in total. The van der Waals surface area contributed by atoms with Gasteiger partial charge >= 0.3 is 0 Å². The number of piperidine rings is 1. The van der Waals surface area contributed by atoms with Gasteiger partial charge in [0.1, 0.15) is 11.6 Å². The van der Waals surface area contributed by atoms with Gasteiger partial charge in [-0.05, 0) is 56.4 Å². The molecule has 174 valence electrons. The summed E-state index contributed by atoms with van der Waals surface area (Å²) in [5.74, 6) is 2.79. The van der Waals surface area contributed by atoms with Crippen molar-refractivity contribution in [3.8, 4) is 0 Å². The van der Waals surface area contributed by atoms with Crippen LogP contribution in [0.4, 0.5) is 17.5 Å². The van der Waals surface area contributed by atoms with E-state index >= 15 is 0 Å². The minimum Gasteiger partial charge on any atom is -0.467 e. The van der Waals surface area contributed by atoms with E-state index in [1.807, 2.05) is 28.8 Å². The third-order valence-corrected chi connectivity index (χ3v) is 6.99. The standard InChI is InChI=1S/C23H29N7O2S/c31-21(25-18-8-9-20(24-15-18)28-10-2-1-3-11-28)17-33-23-27-26-22(29-12-4-5-13-29)30(23)16-19-7-6-14-32-19/h6-9,14-15H,1-5,10-13,16-17H2,(H,25,31). The Kier molecular flexibility index (Phi) is 6.80. The Labute approximate surface area is 197 Å². The summed E-state index contributed by atoms with van der Waals surface area (Å²) in [6, 6.07) is 7.72. The van der Waals surface area contributed by atoms with Crippen LogP contribution in [0.1, 0.15) is 37.9 Å². The molecule has 2 aliphatic heterocycles. The molecule has 0 radical (unpaired) electrons. The van der Waals surface area contributed by atoms with E-state index in [0.717, 1.165) is 56.5 Å². The number of nitrogens with zero attached hydrogens (tertiary/aromatic N) is 6. The van der Waals surface area contributed by atoms with Gasteiger partial charge in [0.05, 0.1) is 30.4 Å². The molecular weight excluding hydrogens is 438 g/mol. The molecule has 1 amide bonds. The molecule has 3 aromatic heterocycles. The monoisotopic (exact) mass is 467 g/mol. The second-order valence-corrected chi connectivity index (χ2v) is 9.37. The SMILES string of the molecule is O=C(CSc1nnc(N2CCCC2)n1Cc1ccco1)Nc1ccc(N2CCCCC2)nc1. The number of anilines is 3. The van der Waals surface area contributed by atoms with Gasteiger partial charge in [0, 0.05) is 26.2 Å². The number of pyridine rings is 1. The molecule has 3 aromatic rings. The van der Waals surface area contributed by atoms with E-state index in [2.05, 4.69) is 30.3 Å². The second-order valence-electron chi connectivity index (χ2n) is 8.43. The number of hydrogen-bond donors (Lipinski definition) is 1. The first-order valence-electron chi connectivity index (χ1n) is 11.6. The molecule has 10 heteroatoms. The quantitative estimate of drug-likeness (QED) is 0.502. The van der Waals surface area contributed by atoms with Crippen molar-refractivity contribution in [2.75, 3.05) is 47.0 Å². The Bertz CT molecular complexity index is 1040. The summed E-state index contributed by atoms with van der Waals surface area (Å²) in [7, 11) is 0. The fraction of sp³-hybridized carbons (Fsp3) is 0.478. The normalized spacial score (nSPS) is 16.4. The lowest BCUT2D eigenvalue weighted by Gasteiger charge is -2.27. The molecule has 0 aliphatic carbocycles. The van der Waals surface area contributed by atoms with E-state index in [9.17, 15) is 4.79 Å². The first kappa shape index (κ1) is 21.8. The number of rotatable bonds is 8. The van der Waals surface area contributed by atoms with E-state index in [4.69, 9.17) is 4.42 Å². The van der Waals surface area contributed by atoms with Crippen molar-refractivity contribution in [1.82, 2.24) is 19.7 Å². The van der Waals surface area contributed by atoms with Crippen molar-refractivity contribution in [3.05, 3.63) is 42.5 Å². The summed E-state index contributed by atoms with van der Waals surface area (Å²) >= 11 is 1.38. The van der Waals surface area contributed by atoms with Gasteiger partial charge in [0.15, 0.2) is 5.16 Å². The smallest absolute Gasteiger partial charge is 0.234 e. The van der Waals surface area contributed by atoms with Crippen LogP contribution in [0.3, 0.4) is 0 Å². The maximum atomic E-state index is 12.6. The van der Waals surface area contributed by atoms with E-state index in [1.54, 1.807) is 12.5 Å². The Hall–Kier alpha value is -3.01. The maximum Gasteiger partial charge on any atom is 0.234 e. The fourth-order valence-corrected chi connectivity index (χ4v) is 5.07. The summed E-state index contributed by atoms with van der Waals surface area (Å²) in [5, 5.41) is 12.5. The Balaban J connectivity index is 1.21. The van der Waals surface area contributed by atoms with Crippen molar-refractivity contribution in [2.45, 2.75) is 43.8 Å². The van der Waals surface area contributed by atoms with Crippen molar-refractivity contribution in [1.29, 1.82) is 0 Å². The Morgan fingerprint density at radius 2 is 1.79 bits per heavy atom. The predicted octanol–water partition coefficient (Wildman–Crippen LogP) is 3.64. The van der Waals surface area contributed by atoms with Crippen LogP contribution in [0.2, 0.25) is 0 Å². The van der Waals surface area contributed by atoms with Gasteiger partial charge in [0.25, 0.3) is 0 Å². The van der Waals surface area contributed by atoms with Gasteiger partial charge in [-0.2, -0.15) is 0 Å². The van der Waals surface area contributed by atoms with Crippen LogP contribution in [-0.2, 0) is 11.3 Å². The molecule has 5 rings (SSSR count). The molecule has 0 aromatic carbocycles. The molecule has 0 atom stereocenters. The zero-order valence-corrected chi connectivity index (χ0v) is 19.5. The van der Waals surface area contributed by atoms with Crippen LogP contribution in [0.25, 0.3) is 0 Å². The predicted molar refractivity (Wildman–Crippen MR) is 129 cm³/mol. The highest BCUT2D eigenvalue weighted by Crippen LogP contribution is 2.26. The summed E-state index contributed by atoms with van der Waals surface area (Å²) in [5.41, 5.74) is 0.705. The topological polar surface area (TPSA) is 92.3 Å². The Morgan fingerprint density at radius 3 is 2.52 bits per heavy atom. The molecule has 5 heterocycles. The molecule has 0 saturated carbocycles. The van der Waals surface area contributed by atoms with Crippen LogP contribution in [-0.4, -0.2) is 57.6 Å². The number of carbonyl (C=O) groups excluding carboxylic acids is 1. The lowest BCUT2D eigenvalue weighted by Crippen LogP contribution is -2.30. The summed E-state index contributed by atoms with van der Waals surface area (Å²) in [6.07, 6.45) is 9.42. The zero-order valence-electron chi connectivity index (χ0n) is 18.7. The molecule has 0 spiro atoms. The molecule has 2 aliphatic rings. The van der Waals surface area contributed by atoms with E-state index in [1.165, 1.54) is 31.0 Å². The average Bonchev–Trinajstić information content (AvgIpc) is 3.62. The minimum absolute atomic E-state index is 0.0946. The summed E-state index contributed by atoms with van der Waals surface area (Å²) in [6.45, 7) is 4.59. The van der Waals surface area contributed by atoms with Crippen molar-refractivity contribution >= 4 is 35.1 Å². The Morgan fingerprint density at radius 1 is 1.00 bits per heavy atom. The van der Waals surface area contributed by atoms with E-state index < -0.39 is 0 Å². The van der Waals surface area contributed by atoms with E-state index in [0.29, 0.717) is 17.4 Å². The highest BCUT2D eigenvalue weighted by Gasteiger charge is 2.22. The fourth-order valence-electron chi connectivity index (χ4n) is 4.33. The van der Waals surface area contributed by atoms with Gasteiger partial charge < -0.3 is 19.5 Å². The van der Waals surface area contributed by atoms with Crippen LogP contribution in [0.5, 0.6) is 0 Å². The lowest BCUT2D eigenvalue weighted by molar-refractivity contribution is -0.113. The van der Waals surface area contributed by atoms with Gasteiger partial charge in [0.2, 0.25) is 11.9 Å². The third-order valence-electron chi connectivity index (χ3n) is 6.02. The maximum absolute atomic E-state index is 12.6. The number of furan rings is 1. The van der Waals surface area contributed by atoms with Crippen molar-refractivity contribution in [2.24, 2.45) is 0 Å². The van der Waals surface area contributed by atoms with Crippen molar-refractivity contribution in [3.63, 3.8) is 0 Å². The first-order valence-corrected chi connectivity index (χ1v) is 12.6. The number of amides is 1. The number of hydrogen-bond acceptors (Lipinski definition) is 8. The summed E-state index contributed by atoms with van der Waals surface area (Å²) < 4.78 is 7.58. The van der Waals surface area contributed by atoms with Gasteiger partial charge in [-0.1, -0.05) is 11.8 Å². The minimum atomic E-state index is -0.0946. The summed E-state index contributed by atoms with van der Waals surface area (Å²) in [4.78, 5) is 21.7. The van der Waals surface area contributed by atoms with E-state index in [-0.39, 0.29) is 11.7 Å². The third kappa shape index (κ3) is 5.32. The second kappa shape index (κ2) is 10.3. The molecule has 2 saturated heterocycles. The number of carbonyl (C=O) groups is 1. The molecule has 0 unspecified atom stereocenters. The average molecular weight is 468 g/mol. The highest BCUT2D eigenvalue weighted by atomic mass is 32.2. The van der Waals surface area contributed by atoms with Crippen LogP contribution < -0.4 is 15.1 Å². The number of nitrogens with one attached hydrogen (secondary N) is 1. The number of aromatic nitrogens is 4. The van der Waals surface area contributed by atoms with Gasteiger partial charge in [-0.15, -0.1) is 10.2 Å². The molecule has 9 nitrogen and oxygen atoms in total. The molecule has 2 fully saturated rings. The lowest BCUT2D eigenvalue weighted by atomic mass is 10.1. The van der Waals surface area contributed by atoms with Crippen molar-refractivity contribution < 1.29 is 9.21 Å². The number of thioether (sulfide) groups is 1. The molecular formula is C23H29N7O2S. The zero-order chi connectivity index (χ0) is 22.5. The molecule has 33 heavy (non-hydrogen) atoms. The molecule has 0 bridgehead atoms. The van der Waals surface area contributed by atoms with Gasteiger partial charge in [-0.25, -0.2) is 4.98 Å². The largest absolute Gasteiger partial charge is 0.467 e. The van der Waals surface area contributed by atoms with Crippen LogP contribution in [0.15, 0.2) is 46.3 Å². The van der Waals surface area contributed by atoms with Crippen LogP contribution in [0, 0.1) is 0 Å². The van der Waals surface area contributed by atoms with Gasteiger partial charge in [-0.3, -0.25) is 9.36 Å². The highest BCUT2D eigenvalue weighted by molar-refractivity contribution is 7.99.